The van der Waals surface area contributed by atoms with Gasteiger partial charge in [0, 0.05) is 22.8 Å². The molecular weight excluding hydrogens is 313 g/mol. The first kappa shape index (κ1) is 17.6. The standard InChI is InChI=1S/C18H22FNO2S/c1-3-18(4-2,17(21)22)12-20-11-15-8-9-16(23-15)13-6-5-7-14(19)10-13/h5-10,20H,3-4,11-12H2,1-2H3,(H,21,22). The van der Waals surface area contributed by atoms with Gasteiger partial charge in [-0.25, -0.2) is 4.39 Å². The summed E-state index contributed by atoms with van der Waals surface area (Å²) >= 11 is 1.59. The Labute approximate surface area is 140 Å². The van der Waals surface area contributed by atoms with E-state index < -0.39 is 11.4 Å². The van der Waals surface area contributed by atoms with Gasteiger partial charge in [0.2, 0.25) is 0 Å². The Hall–Kier alpha value is -1.72. The van der Waals surface area contributed by atoms with Gasteiger partial charge in [0.05, 0.1) is 5.41 Å². The van der Waals surface area contributed by atoms with E-state index in [0.29, 0.717) is 25.9 Å². The normalized spacial score (nSPS) is 11.6. The van der Waals surface area contributed by atoms with Gasteiger partial charge in [0.1, 0.15) is 5.82 Å². The third-order valence-electron chi connectivity index (χ3n) is 4.34. The number of hydrogen-bond donors (Lipinski definition) is 2. The van der Waals surface area contributed by atoms with Gasteiger partial charge in [-0.3, -0.25) is 4.79 Å². The van der Waals surface area contributed by atoms with E-state index in [9.17, 15) is 14.3 Å². The summed E-state index contributed by atoms with van der Waals surface area (Å²) in [5.41, 5.74) is 0.158. The molecule has 0 spiro atoms. The zero-order chi connectivity index (χ0) is 16.9. The second-order valence-electron chi connectivity index (χ2n) is 5.67. The first-order chi connectivity index (χ1) is 11.0. The molecule has 0 radical (unpaired) electrons. The number of carboxylic acid groups (broad SMARTS) is 1. The fourth-order valence-electron chi connectivity index (χ4n) is 2.57. The summed E-state index contributed by atoms with van der Waals surface area (Å²) in [6, 6.07) is 10.5. The minimum atomic E-state index is -0.748. The molecule has 0 bridgehead atoms. The zero-order valence-corrected chi connectivity index (χ0v) is 14.3. The molecule has 124 valence electrons. The van der Waals surface area contributed by atoms with Crippen molar-refractivity contribution in [2.45, 2.75) is 33.2 Å². The van der Waals surface area contributed by atoms with Crippen LogP contribution in [-0.4, -0.2) is 17.6 Å². The largest absolute Gasteiger partial charge is 0.481 e. The van der Waals surface area contributed by atoms with Crippen molar-refractivity contribution in [3.8, 4) is 10.4 Å². The lowest BCUT2D eigenvalue weighted by Gasteiger charge is -2.26. The van der Waals surface area contributed by atoms with Gasteiger partial charge in [0.15, 0.2) is 0 Å². The number of halogens is 1. The van der Waals surface area contributed by atoms with E-state index in [4.69, 9.17) is 0 Å². The third-order valence-corrected chi connectivity index (χ3v) is 5.47. The van der Waals surface area contributed by atoms with Gasteiger partial charge in [-0.2, -0.15) is 0 Å². The van der Waals surface area contributed by atoms with Crippen molar-refractivity contribution in [3.05, 3.63) is 47.1 Å². The van der Waals surface area contributed by atoms with Crippen LogP contribution < -0.4 is 5.32 Å². The molecule has 1 heterocycles. The fourth-order valence-corrected chi connectivity index (χ4v) is 3.55. The van der Waals surface area contributed by atoms with Crippen LogP contribution in [0.1, 0.15) is 31.6 Å². The van der Waals surface area contributed by atoms with Crippen molar-refractivity contribution in [2.75, 3.05) is 6.54 Å². The van der Waals surface area contributed by atoms with Gasteiger partial charge in [-0.05, 0) is 42.7 Å². The van der Waals surface area contributed by atoms with E-state index in [0.717, 1.165) is 15.3 Å². The van der Waals surface area contributed by atoms with Gasteiger partial charge < -0.3 is 10.4 Å². The van der Waals surface area contributed by atoms with Crippen LogP contribution in [0.4, 0.5) is 4.39 Å². The summed E-state index contributed by atoms with van der Waals surface area (Å²) in [7, 11) is 0. The predicted octanol–water partition coefficient (Wildman–Crippen LogP) is 4.53. The summed E-state index contributed by atoms with van der Waals surface area (Å²) in [6.45, 7) is 4.89. The van der Waals surface area contributed by atoms with E-state index in [1.54, 1.807) is 17.4 Å². The zero-order valence-electron chi connectivity index (χ0n) is 13.4. The van der Waals surface area contributed by atoms with E-state index in [1.807, 2.05) is 32.0 Å². The molecule has 1 aromatic carbocycles. The highest BCUT2D eigenvalue weighted by Crippen LogP contribution is 2.29. The summed E-state index contributed by atoms with van der Waals surface area (Å²) < 4.78 is 13.3. The molecule has 2 rings (SSSR count). The van der Waals surface area contributed by atoms with Crippen LogP contribution in [-0.2, 0) is 11.3 Å². The Balaban J connectivity index is 1.99. The van der Waals surface area contributed by atoms with Gasteiger partial charge in [-0.15, -0.1) is 11.3 Å². The number of carboxylic acids is 1. The molecule has 0 saturated heterocycles. The summed E-state index contributed by atoms with van der Waals surface area (Å²) in [6.07, 6.45) is 1.20. The lowest BCUT2D eigenvalue weighted by atomic mass is 9.82. The number of thiophene rings is 1. The molecule has 0 aliphatic rings. The summed E-state index contributed by atoms with van der Waals surface area (Å²) in [5, 5.41) is 12.7. The molecule has 0 saturated carbocycles. The molecule has 1 aromatic heterocycles. The SMILES string of the molecule is CCC(CC)(CNCc1ccc(-c2cccc(F)c2)s1)C(=O)O. The van der Waals surface area contributed by atoms with Crippen LogP contribution in [0.15, 0.2) is 36.4 Å². The summed E-state index contributed by atoms with van der Waals surface area (Å²) in [5.74, 6) is -0.991. The first-order valence-corrected chi connectivity index (χ1v) is 8.61. The van der Waals surface area contributed by atoms with Crippen molar-refractivity contribution < 1.29 is 14.3 Å². The highest BCUT2D eigenvalue weighted by molar-refractivity contribution is 7.15. The topological polar surface area (TPSA) is 49.3 Å². The molecule has 0 aliphatic carbocycles. The lowest BCUT2D eigenvalue weighted by Crippen LogP contribution is -2.39. The van der Waals surface area contributed by atoms with E-state index in [2.05, 4.69) is 5.32 Å². The van der Waals surface area contributed by atoms with Crippen LogP contribution in [0.5, 0.6) is 0 Å². The molecule has 0 atom stereocenters. The third kappa shape index (κ3) is 4.18. The van der Waals surface area contributed by atoms with Crippen molar-refractivity contribution in [3.63, 3.8) is 0 Å². The maximum absolute atomic E-state index is 13.3. The molecule has 23 heavy (non-hydrogen) atoms. The number of nitrogens with one attached hydrogen (secondary N) is 1. The maximum atomic E-state index is 13.3. The second-order valence-corrected chi connectivity index (χ2v) is 6.84. The van der Waals surface area contributed by atoms with Gasteiger partial charge in [0.25, 0.3) is 0 Å². The van der Waals surface area contributed by atoms with E-state index >= 15 is 0 Å². The number of aliphatic carboxylic acids is 1. The van der Waals surface area contributed by atoms with Crippen LogP contribution >= 0.6 is 11.3 Å². The molecular formula is C18H22FNO2S. The highest BCUT2D eigenvalue weighted by Gasteiger charge is 2.34. The summed E-state index contributed by atoms with van der Waals surface area (Å²) in [4.78, 5) is 13.6. The van der Waals surface area contributed by atoms with E-state index in [-0.39, 0.29) is 5.82 Å². The first-order valence-electron chi connectivity index (χ1n) is 7.79. The van der Waals surface area contributed by atoms with Crippen LogP contribution in [0.25, 0.3) is 10.4 Å². The Morgan fingerprint density at radius 1 is 1.26 bits per heavy atom. The number of hydrogen-bond acceptors (Lipinski definition) is 3. The minimum Gasteiger partial charge on any atom is -0.481 e. The van der Waals surface area contributed by atoms with Crippen molar-refractivity contribution in [1.29, 1.82) is 0 Å². The van der Waals surface area contributed by atoms with E-state index in [1.165, 1.54) is 12.1 Å². The van der Waals surface area contributed by atoms with Crippen LogP contribution in [0.3, 0.4) is 0 Å². The Morgan fingerprint density at radius 2 is 2.00 bits per heavy atom. The van der Waals surface area contributed by atoms with Crippen molar-refractivity contribution in [2.24, 2.45) is 5.41 Å². The molecule has 0 aliphatic heterocycles. The average Bonchev–Trinajstić information content (AvgIpc) is 3.00. The smallest absolute Gasteiger partial charge is 0.310 e. The molecule has 0 unspecified atom stereocenters. The molecule has 3 nitrogen and oxygen atoms in total. The van der Waals surface area contributed by atoms with Crippen LogP contribution in [0, 0.1) is 11.2 Å². The average molecular weight is 335 g/mol. The highest BCUT2D eigenvalue weighted by atomic mass is 32.1. The second kappa shape index (κ2) is 7.70. The lowest BCUT2D eigenvalue weighted by molar-refractivity contribution is -0.149. The monoisotopic (exact) mass is 335 g/mol. The Kier molecular flexibility index (Phi) is 5.91. The molecule has 0 fully saturated rings. The molecule has 0 amide bonds. The molecule has 2 aromatic rings. The Morgan fingerprint density at radius 3 is 2.61 bits per heavy atom. The predicted molar refractivity (Wildman–Crippen MR) is 92.1 cm³/mol. The van der Waals surface area contributed by atoms with Gasteiger partial charge in [-0.1, -0.05) is 26.0 Å². The maximum Gasteiger partial charge on any atom is 0.310 e. The minimum absolute atomic E-state index is 0.243. The number of rotatable bonds is 8. The Bertz CT molecular complexity index is 665. The van der Waals surface area contributed by atoms with Gasteiger partial charge >= 0.3 is 5.97 Å². The fraction of sp³-hybridized carbons (Fsp3) is 0.389. The number of benzene rings is 1. The van der Waals surface area contributed by atoms with Crippen LogP contribution in [0.2, 0.25) is 0 Å². The number of carbonyl (C=O) groups is 1. The molecule has 2 N–H and O–H groups in total. The van der Waals surface area contributed by atoms with Crippen molar-refractivity contribution in [1.82, 2.24) is 5.32 Å². The van der Waals surface area contributed by atoms with Crippen molar-refractivity contribution >= 4 is 17.3 Å². The quantitative estimate of drug-likeness (QED) is 0.745. The molecule has 5 heteroatoms.